The lowest BCUT2D eigenvalue weighted by Crippen LogP contribution is -2.45. The molecule has 4 nitrogen and oxygen atoms in total. The third-order valence-corrected chi connectivity index (χ3v) is 4.77. The number of quaternary nitrogens is 1. The second-order valence-corrected chi connectivity index (χ2v) is 7.99. The van der Waals surface area contributed by atoms with Crippen LogP contribution in [0.2, 0.25) is 0 Å². The van der Waals surface area contributed by atoms with Gasteiger partial charge in [0.25, 0.3) is 0 Å². The zero-order valence-corrected chi connectivity index (χ0v) is 17.4. The summed E-state index contributed by atoms with van der Waals surface area (Å²) in [6.45, 7) is 6.39. The molecular formula is C21H43N2O2+. The second-order valence-electron chi connectivity index (χ2n) is 7.99. The van der Waals surface area contributed by atoms with Gasteiger partial charge in [-0.05, 0) is 6.42 Å². The van der Waals surface area contributed by atoms with Crippen molar-refractivity contribution in [2.45, 2.75) is 90.9 Å². The summed E-state index contributed by atoms with van der Waals surface area (Å²) in [7, 11) is 4.16. The van der Waals surface area contributed by atoms with E-state index in [1.54, 1.807) is 0 Å². The van der Waals surface area contributed by atoms with Gasteiger partial charge >= 0.3 is 0 Å². The molecule has 0 aliphatic carbocycles. The predicted molar refractivity (Wildman–Crippen MR) is 107 cm³/mol. The van der Waals surface area contributed by atoms with Crippen molar-refractivity contribution in [2.75, 3.05) is 33.7 Å². The minimum Gasteiger partial charge on any atom is -0.356 e. The van der Waals surface area contributed by atoms with Gasteiger partial charge < -0.3 is 9.80 Å². The molecule has 0 fully saturated rings. The number of carbonyl (C=O) groups excluding carboxylic acids is 2. The lowest BCUT2D eigenvalue weighted by Gasteiger charge is -2.28. The number of amides is 1. The van der Waals surface area contributed by atoms with E-state index in [0.717, 1.165) is 25.9 Å². The number of ketones is 1. The first-order chi connectivity index (χ1) is 11.9. The minimum atomic E-state index is 0.179. The van der Waals surface area contributed by atoms with Gasteiger partial charge in [-0.15, -0.1) is 0 Å². The van der Waals surface area contributed by atoms with Crippen molar-refractivity contribution in [3.63, 3.8) is 0 Å². The molecule has 0 aliphatic rings. The van der Waals surface area contributed by atoms with Gasteiger partial charge in [-0.3, -0.25) is 9.59 Å². The summed E-state index contributed by atoms with van der Waals surface area (Å²) in [5.41, 5.74) is 0. The van der Waals surface area contributed by atoms with Crippen LogP contribution in [-0.2, 0) is 9.59 Å². The van der Waals surface area contributed by atoms with E-state index in [4.69, 9.17) is 0 Å². The van der Waals surface area contributed by atoms with E-state index < -0.39 is 0 Å². The molecule has 1 N–H and O–H groups in total. The minimum absolute atomic E-state index is 0.179. The van der Waals surface area contributed by atoms with Gasteiger partial charge in [0.2, 0.25) is 5.91 Å². The molecule has 0 aliphatic heterocycles. The average molecular weight is 356 g/mol. The van der Waals surface area contributed by atoms with Gasteiger partial charge in [0.15, 0.2) is 5.78 Å². The molecule has 0 aromatic carbocycles. The van der Waals surface area contributed by atoms with Crippen molar-refractivity contribution in [3.05, 3.63) is 0 Å². The molecule has 0 saturated carbocycles. The Morgan fingerprint density at radius 3 is 1.92 bits per heavy atom. The van der Waals surface area contributed by atoms with Gasteiger partial charge in [-0.1, -0.05) is 65.2 Å². The van der Waals surface area contributed by atoms with Crippen LogP contribution in [0, 0.1) is 0 Å². The lowest BCUT2D eigenvalue weighted by atomic mass is 10.1. The largest absolute Gasteiger partial charge is 0.356 e. The predicted octanol–water partition coefficient (Wildman–Crippen LogP) is 4.47. The molecule has 0 rings (SSSR count). The summed E-state index contributed by atoms with van der Waals surface area (Å²) in [5, 5.41) is 3.01. The molecule has 148 valence electrons. The Bertz CT molecular complexity index is 354. The van der Waals surface area contributed by atoms with E-state index in [9.17, 15) is 9.59 Å². The van der Waals surface area contributed by atoms with Crippen LogP contribution in [0.4, 0.5) is 0 Å². The normalized spacial score (nSPS) is 11.5. The molecular weight excluding hydrogens is 312 g/mol. The number of likely N-dealkylation sites (N-methyl/N-ethyl adjacent to an activating group) is 1. The zero-order valence-electron chi connectivity index (χ0n) is 17.4. The summed E-state index contributed by atoms with van der Waals surface area (Å²) in [4.78, 5) is 23.4. The first-order valence-corrected chi connectivity index (χ1v) is 10.5. The molecule has 0 spiro atoms. The maximum atomic E-state index is 11.8. The fourth-order valence-electron chi connectivity index (χ4n) is 3.09. The molecule has 1 amide bonds. The van der Waals surface area contributed by atoms with E-state index in [1.165, 1.54) is 51.4 Å². The first kappa shape index (κ1) is 24.1. The van der Waals surface area contributed by atoms with Crippen molar-refractivity contribution in [2.24, 2.45) is 0 Å². The first-order valence-electron chi connectivity index (χ1n) is 10.5. The Labute approximate surface area is 156 Å². The number of carbonyl (C=O) groups is 2. The Kier molecular flexibility index (Phi) is 14.8. The second kappa shape index (κ2) is 15.4. The number of Topliss-reactive ketones (excluding diaryl/α,β-unsaturated/α-hetero) is 1. The topological polar surface area (TPSA) is 46.2 Å². The number of nitrogens with one attached hydrogen (secondary N) is 1. The molecule has 0 saturated heterocycles. The molecule has 0 unspecified atom stereocenters. The van der Waals surface area contributed by atoms with Crippen LogP contribution < -0.4 is 5.32 Å². The summed E-state index contributed by atoms with van der Waals surface area (Å²) >= 11 is 0. The highest BCUT2D eigenvalue weighted by Crippen LogP contribution is 2.10. The zero-order chi connectivity index (χ0) is 19.0. The van der Waals surface area contributed by atoms with Crippen LogP contribution in [0.25, 0.3) is 0 Å². The number of rotatable bonds is 17. The highest BCUT2D eigenvalue weighted by Gasteiger charge is 2.18. The van der Waals surface area contributed by atoms with E-state index in [0.29, 0.717) is 29.7 Å². The monoisotopic (exact) mass is 355 g/mol. The fourth-order valence-corrected chi connectivity index (χ4v) is 3.09. The van der Waals surface area contributed by atoms with Crippen LogP contribution in [0.15, 0.2) is 0 Å². The maximum Gasteiger partial charge on any atom is 0.219 e. The Morgan fingerprint density at radius 2 is 1.36 bits per heavy atom. The number of unbranched alkanes of at least 4 members (excludes halogenated alkanes) is 8. The Hall–Kier alpha value is -0.900. The highest BCUT2D eigenvalue weighted by molar-refractivity contribution is 5.79. The van der Waals surface area contributed by atoms with Gasteiger partial charge in [0.1, 0.15) is 6.54 Å². The summed E-state index contributed by atoms with van der Waals surface area (Å²) < 4.78 is 0.709. The van der Waals surface area contributed by atoms with E-state index >= 15 is 0 Å². The molecule has 25 heavy (non-hydrogen) atoms. The molecule has 0 heterocycles. The van der Waals surface area contributed by atoms with Gasteiger partial charge in [-0.25, -0.2) is 0 Å². The molecule has 0 aromatic rings. The van der Waals surface area contributed by atoms with Crippen molar-refractivity contribution in [1.29, 1.82) is 0 Å². The lowest BCUT2D eigenvalue weighted by molar-refractivity contribution is -0.882. The van der Waals surface area contributed by atoms with Crippen molar-refractivity contribution < 1.29 is 14.1 Å². The quantitative estimate of drug-likeness (QED) is 0.309. The van der Waals surface area contributed by atoms with Gasteiger partial charge in [0, 0.05) is 25.8 Å². The molecule has 4 heteroatoms. The van der Waals surface area contributed by atoms with Gasteiger partial charge in [0.05, 0.1) is 20.6 Å². The fraction of sp³-hybridized carbons (Fsp3) is 0.905. The van der Waals surface area contributed by atoms with E-state index in [-0.39, 0.29) is 5.91 Å². The molecule has 0 radical (unpaired) electrons. The van der Waals surface area contributed by atoms with Crippen molar-refractivity contribution >= 4 is 11.7 Å². The summed E-state index contributed by atoms with van der Waals surface area (Å²) in [5.74, 6) is 0.484. The number of hydrogen-bond donors (Lipinski definition) is 1. The van der Waals surface area contributed by atoms with E-state index in [1.807, 2.05) is 6.92 Å². The summed E-state index contributed by atoms with van der Waals surface area (Å²) in [6.07, 6.45) is 13.7. The summed E-state index contributed by atoms with van der Waals surface area (Å²) in [6, 6.07) is 0. The Morgan fingerprint density at radius 1 is 0.800 bits per heavy atom. The number of hydrogen-bond acceptors (Lipinski definition) is 2. The van der Waals surface area contributed by atoms with Crippen molar-refractivity contribution in [3.8, 4) is 0 Å². The molecule has 0 aromatic heterocycles. The number of nitrogens with zero attached hydrogens (tertiary/aromatic N) is 1. The van der Waals surface area contributed by atoms with Crippen LogP contribution in [0.3, 0.4) is 0 Å². The molecule has 0 bridgehead atoms. The average Bonchev–Trinajstić information content (AvgIpc) is 2.56. The van der Waals surface area contributed by atoms with Gasteiger partial charge in [-0.2, -0.15) is 0 Å². The van der Waals surface area contributed by atoms with Crippen LogP contribution >= 0.6 is 0 Å². The molecule has 0 atom stereocenters. The smallest absolute Gasteiger partial charge is 0.219 e. The van der Waals surface area contributed by atoms with Crippen molar-refractivity contribution in [1.82, 2.24) is 5.32 Å². The van der Waals surface area contributed by atoms with Crippen LogP contribution in [-0.4, -0.2) is 49.9 Å². The SMILES string of the molecule is CCCCCCCCCCCC(=O)NCCC[N+](C)(C)CC(=O)CC. The Balaban J connectivity index is 3.48. The maximum absolute atomic E-state index is 11.8. The third-order valence-electron chi connectivity index (χ3n) is 4.77. The van der Waals surface area contributed by atoms with Crippen LogP contribution in [0.5, 0.6) is 0 Å². The standard InChI is InChI=1S/C21H42N2O2/c1-5-7-8-9-10-11-12-13-14-16-21(25)22-17-15-18-23(3,4)19-20(24)6-2/h5-19H2,1-4H3/p+1. The van der Waals surface area contributed by atoms with Crippen LogP contribution in [0.1, 0.15) is 90.9 Å². The van der Waals surface area contributed by atoms with E-state index in [2.05, 4.69) is 26.3 Å². The third kappa shape index (κ3) is 16.3. The highest BCUT2D eigenvalue weighted by atomic mass is 16.1.